The molecule has 0 amide bonds. The van der Waals surface area contributed by atoms with Crippen molar-refractivity contribution in [2.75, 3.05) is 0 Å². The van der Waals surface area contributed by atoms with E-state index in [1.807, 2.05) is 25.5 Å². The maximum absolute atomic E-state index is 4.41. The van der Waals surface area contributed by atoms with Crippen LogP contribution in [0.15, 0.2) is 4.47 Å². The SMILES string of the molecule is CCc1nsc(-n2nc(C)c(Br)c2C)n1. The Morgan fingerprint density at radius 3 is 2.60 bits per heavy atom. The molecule has 0 radical (unpaired) electrons. The molecule has 0 unspecified atom stereocenters. The van der Waals surface area contributed by atoms with E-state index in [1.54, 1.807) is 0 Å². The lowest BCUT2D eigenvalue weighted by molar-refractivity contribution is 0.815. The van der Waals surface area contributed by atoms with Crippen molar-refractivity contribution in [3.05, 3.63) is 21.7 Å². The van der Waals surface area contributed by atoms with Gasteiger partial charge in [0, 0.05) is 18.0 Å². The quantitative estimate of drug-likeness (QED) is 0.853. The maximum atomic E-state index is 4.41. The maximum Gasteiger partial charge on any atom is 0.230 e. The molecule has 15 heavy (non-hydrogen) atoms. The van der Waals surface area contributed by atoms with Gasteiger partial charge in [-0.1, -0.05) is 6.92 Å². The Bertz CT molecular complexity index is 488. The van der Waals surface area contributed by atoms with Gasteiger partial charge in [-0.2, -0.15) is 9.47 Å². The topological polar surface area (TPSA) is 43.6 Å². The lowest BCUT2D eigenvalue weighted by Gasteiger charge is -1.96. The normalized spacial score (nSPS) is 10.9. The highest BCUT2D eigenvalue weighted by atomic mass is 79.9. The Hall–Kier alpha value is -0.750. The highest BCUT2D eigenvalue weighted by Gasteiger charge is 2.13. The molecule has 80 valence electrons. The van der Waals surface area contributed by atoms with Crippen molar-refractivity contribution < 1.29 is 0 Å². The molecule has 4 nitrogen and oxygen atoms in total. The molecule has 0 aliphatic heterocycles. The predicted octanol–water partition coefficient (Wildman–Crippen LogP) is 2.67. The van der Waals surface area contributed by atoms with Crippen LogP contribution in [0.2, 0.25) is 0 Å². The molecule has 2 aromatic heterocycles. The van der Waals surface area contributed by atoms with Gasteiger partial charge >= 0.3 is 0 Å². The fourth-order valence-electron chi connectivity index (χ4n) is 1.28. The summed E-state index contributed by atoms with van der Waals surface area (Å²) in [4.78, 5) is 4.40. The zero-order chi connectivity index (χ0) is 11.0. The van der Waals surface area contributed by atoms with Crippen molar-refractivity contribution >= 4 is 27.5 Å². The van der Waals surface area contributed by atoms with E-state index in [9.17, 15) is 0 Å². The monoisotopic (exact) mass is 286 g/mol. The number of hydrogen-bond donors (Lipinski definition) is 0. The molecule has 2 heterocycles. The van der Waals surface area contributed by atoms with Crippen LogP contribution in [0.4, 0.5) is 0 Å². The molecule has 0 saturated carbocycles. The highest BCUT2D eigenvalue weighted by Crippen LogP contribution is 2.23. The van der Waals surface area contributed by atoms with E-state index in [-0.39, 0.29) is 0 Å². The zero-order valence-electron chi connectivity index (χ0n) is 8.78. The number of nitrogens with zero attached hydrogens (tertiary/aromatic N) is 4. The van der Waals surface area contributed by atoms with E-state index < -0.39 is 0 Å². The minimum absolute atomic E-state index is 0.832. The number of aromatic nitrogens is 4. The first kappa shape index (κ1) is 10.8. The molecule has 0 fully saturated rings. The third kappa shape index (κ3) is 1.83. The average Bonchev–Trinajstić information content (AvgIpc) is 2.79. The van der Waals surface area contributed by atoms with Crippen molar-refractivity contribution in [2.45, 2.75) is 27.2 Å². The van der Waals surface area contributed by atoms with Gasteiger partial charge in [-0.05, 0) is 29.8 Å². The molecule has 0 aromatic carbocycles. The lowest BCUT2D eigenvalue weighted by Crippen LogP contribution is -1.98. The van der Waals surface area contributed by atoms with Crippen molar-refractivity contribution in [1.82, 2.24) is 19.1 Å². The van der Waals surface area contributed by atoms with Gasteiger partial charge in [0.25, 0.3) is 0 Å². The summed E-state index contributed by atoms with van der Waals surface area (Å²) in [5.74, 6) is 0.874. The lowest BCUT2D eigenvalue weighted by atomic mass is 10.4. The molecule has 0 bridgehead atoms. The summed E-state index contributed by atoms with van der Waals surface area (Å²) in [5, 5.41) is 5.24. The van der Waals surface area contributed by atoms with Crippen LogP contribution >= 0.6 is 27.5 Å². The fourth-order valence-corrected chi connectivity index (χ4v) is 2.29. The van der Waals surface area contributed by atoms with Gasteiger partial charge in [0.05, 0.1) is 15.9 Å². The summed E-state index contributed by atoms with van der Waals surface area (Å²) >= 11 is 4.88. The summed E-state index contributed by atoms with van der Waals surface area (Å²) in [5.41, 5.74) is 2.03. The second-order valence-electron chi connectivity index (χ2n) is 3.24. The minimum atomic E-state index is 0.832. The van der Waals surface area contributed by atoms with Crippen LogP contribution in [0.5, 0.6) is 0 Å². The van der Waals surface area contributed by atoms with Crippen LogP contribution in [-0.2, 0) is 6.42 Å². The Morgan fingerprint density at radius 2 is 2.13 bits per heavy atom. The van der Waals surface area contributed by atoms with E-state index in [4.69, 9.17) is 0 Å². The molecule has 2 rings (SSSR count). The zero-order valence-corrected chi connectivity index (χ0v) is 11.2. The predicted molar refractivity (Wildman–Crippen MR) is 63.6 cm³/mol. The molecular formula is C9H11BrN4S. The van der Waals surface area contributed by atoms with E-state index >= 15 is 0 Å². The average molecular weight is 287 g/mol. The van der Waals surface area contributed by atoms with Crippen LogP contribution in [0.3, 0.4) is 0 Å². The van der Waals surface area contributed by atoms with E-state index in [0.717, 1.165) is 33.2 Å². The van der Waals surface area contributed by atoms with Crippen molar-refractivity contribution in [3.8, 4) is 5.13 Å². The Morgan fingerprint density at radius 1 is 1.40 bits per heavy atom. The smallest absolute Gasteiger partial charge is 0.208 e. The fraction of sp³-hybridized carbons (Fsp3) is 0.444. The summed E-state index contributed by atoms with van der Waals surface area (Å²) in [7, 11) is 0. The Kier molecular flexibility index (Phi) is 2.88. The minimum Gasteiger partial charge on any atom is -0.208 e. The molecule has 2 aromatic rings. The third-order valence-electron chi connectivity index (χ3n) is 2.16. The van der Waals surface area contributed by atoms with Crippen LogP contribution in [0.1, 0.15) is 24.1 Å². The largest absolute Gasteiger partial charge is 0.230 e. The number of aryl methyl sites for hydroxylation is 2. The molecule has 0 aliphatic rings. The second-order valence-corrected chi connectivity index (χ2v) is 4.77. The highest BCUT2D eigenvalue weighted by molar-refractivity contribution is 9.10. The Balaban J connectivity index is 2.49. The van der Waals surface area contributed by atoms with E-state index in [2.05, 4.69) is 30.4 Å². The van der Waals surface area contributed by atoms with Crippen molar-refractivity contribution in [2.24, 2.45) is 0 Å². The van der Waals surface area contributed by atoms with Gasteiger partial charge in [0.1, 0.15) is 5.82 Å². The first-order chi connectivity index (χ1) is 7.13. The third-order valence-corrected chi connectivity index (χ3v) is 4.03. The second kappa shape index (κ2) is 4.02. The molecule has 0 N–H and O–H groups in total. The molecule has 0 saturated heterocycles. The van der Waals surface area contributed by atoms with E-state index in [1.165, 1.54) is 11.5 Å². The molecule has 0 aliphatic carbocycles. The van der Waals surface area contributed by atoms with Crippen molar-refractivity contribution in [1.29, 1.82) is 0 Å². The van der Waals surface area contributed by atoms with Gasteiger partial charge in [0.15, 0.2) is 0 Å². The van der Waals surface area contributed by atoms with Gasteiger partial charge in [0.2, 0.25) is 5.13 Å². The van der Waals surface area contributed by atoms with Gasteiger partial charge in [-0.3, -0.25) is 0 Å². The molecule has 6 heteroatoms. The van der Waals surface area contributed by atoms with Crippen LogP contribution in [0.25, 0.3) is 5.13 Å². The van der Waals surface area contributed by atoms with E-state index in [0.29, 0.717) is 0 Å². The summed E-state index contributed by atoms with van der Waals surface area (Å²) in [6, 6.07) is 0. The van der Waals surface area contributed by atoms with Crippen LogP contribution in [0, 0.1) is 13.8 Å². The molecule has 0 spiro atoms. The first-order valence-electron chi connectivity index (χ1n) is 4.68. The van der Waals surface area contributed by atoms with Gasteiger partial charge < -0.3 is 0 Å². The number of hydrogen-bond acceptors (Lipinski definition) is 4. The van der Waals surface area contributed by atoms with Gasteiger partial charge in [-0.25, -0.2) is 9.67 Å². The molecular weight excluding hydrogens is 276 g/mol. The number of halogens is 1. The number of rotatable bonds is 2. The first-order valence-corrected chi connectivity index (χ1v) is 6.24. The summed E-state index contributed by atoms with van der Waals surface area (Å²) < 4.78 is 7.11. The summed E-state index contributed by atoms with van der Waals surface area (Å²) in [6.07, 6.45) is 0.858. The van der Waals surface area contributed by atoms with Crippen molar-refractivity contribution in [3.63, 3.8) is 0 Å². The standard InChI is InChI=1S/C9H11BrN4S/c1-4-7-11-9(15-13-7)14-6(3)8(10)5(2)12-14/h4H2,1-3H3. The van der Waals surface area contributed by atoms with Crippen LogP contribution in [-0.4, -0.2) is 19.1 Å². The summed E-state index contributed by atoms with van der Waals surface area (Å²) in [6.45, 7) is 6.02. The van der Waals surface area contributed by atoms with Gasteiger partial charge in [-0.15, -0.1) is 0 Å². The molecule has 0 atom stereocenters. The van der Waals surface area contributed by atoms with Crippen LogP contribution < -0.4 is 0 Å². The Labute approximate surface area is 101 Å².